The van der Waals surface area contributed by atoms with Crippen molar-refractivity contribution >= 4 is 16.7 Å². The van der Waals surface area contributed by atoms with E-state index < -0.39 is 0 Å². The van der Waals surface area contributed by atoms with E-state index in [1.807, 2.05) is 55.3 Å². The van der Waals surface area contributed by atoms with Crippen molar-refractivity contribution in [2.24, 2.45) is 5.41 Å². The van der Waals surface area contributed by atoms with Gasteiger partial charge in [0.15, 0.2) is 0 Å². The molecule has 4 rings (SSSR count). The molecule has 0 aliphatic carbocycles. The Morgan fingerprint density at radius 1 is 1.10 bits per heavy atom. The zero-order valence-electron chi connectivity index (χ0n) is 17.6. The molecule has 5 heteroatoms. The Kier molecular flexibility index (Phi) is 5.09. The Hall–Kier alpha value is -2.79. The Bertz CT molecular complexity index is 1050. The van der Waals surface area contributed by atoms with Crippen molar-refractivity contribution in [1.82, 2.24) is 20.0 Å². The maximum atomic E-state index is 12.9. The molecule has 150 valence electrons. The highest BCUT2D eigenvalue weighted by Gasteiger charge is 2.34. The summed E-state index contributed by atoms with van der Waals surface area (Å²) in [5.41, 5.74) is 3.60. The quantitative estimate of drug-likeness (QED) is 0.677. The third-order valence-corrected chi connectivity index (χ3v) is 5.99. The normalized spacial score (nSPS) is 19.6. The summed E-state index contributed by atoms with van der Waals surface area (Å²) in [5.74, 6) is 0.0622. The summed E-state index contributed by atoms with van der Waals surface area (Å²) in [6, 6.07) is 15.9. The molecular weight excluding hydrogens is 360 g/mol. The molecule has 0 saturated carbocycles. The van der Waals surface area contributed by atoms with Crippen LogP contribution in [0.4, 0.5) is 0 Å². The average Bonchev–Trinajstić information content (AvgIpc) is 3.06. The highest BCUT2D eigenvalue weighted by molar-refractivity contribution is 5.97. The Morgan fingerprint density at radius 3 is 2.45 bits per heavy atom. The van der Waals surface area contributed by atoms with Crippen LogP contribution in [0.25, 0.3) is 22.0 Å². The number of hydrogen-bond acceptors (Lipinski definition) is 4. The van der Waals surface area contributed by atoms with Gasteiger partial charge in [0.05, 0.1) is 5.69 Å². The fourth-order valence-electron chi connectivity index (χ4n) is 4.49. The van der Waals surface area contributed by atoms with Gasteiger partial charge in [0.2, 0.25) is 0 Å². The fourth-order valence-corrected chi connectivity index (χ4v) is 4.49. The van der Waals surface area contributed by atoms with Crippen LogP contribution in [-0.4, -0.2) is 59.6 Å². The number of amides is 1. The van der Waals surface area contributed by atoms with Gasteiger partial charge in [-0.3, -0.25) is 4.79 Å². The second kappa shape index (κ2) is 7.56. The smallest absolute Gasteiger partial charge is 0.253 e. The average molecular weight is 389 g/mol. The van der Waals surface area contributed by atoms with Crippen molar-refractivity contribution in [1.29, 1.82) is 0 Å². The van der Waals surface area contributed by atoms with Crippen LogP contribution in [0.3, 0.4) is 0 Å². The van der Waals surface area contributed by atoms with Gasteiger partial charge in [-0.15, -0.1) is 5.10 Å². The zero-order valence-corrected chi connectivity index (χ0v) is 17.6. The summed E-state index contributed by atoms with van der Waals surface area (Å²) in [6.45, 7) is 7.14. The van der Waals surface area contributed by atoms with Crippen LogP contribution in [0, 0.1) is 12.3 Å². The van der Waals surface area contributed by atoms with Crippen molar-refractivity contribution in [3.63, 3.8) is 0 Å². The minimum atomic E-state index is 0.0622. The summed E-state index contributed by atoms with van der Waals surface area (Å²) in [7, 11) is 4.04. The molecular formula is C24H28N4O. The molecule has 5 nitrogen and oxygen atoms in total. The van der Waals surface area contributed by atoms with Crippen molar-refractivity contribution in [3.8, 4) is 11.3 Å². The molecule has 1 saturated heterocycles. The number of rotatable bonds is 4. The van der Waals surface area contributed by atoms with E-state index in [4.69, 9.17) is 0 Å². The van der Waals surface area contributed by atoms with Gasteiger partial charge < -0.3 is 9.80 Å². The molecule has 0 radical (unpaired) electrons. The lowest BCUT2D eigenvalue weighted by atomic mass is 9.89. The molecule has 1 unspecified atom stereocenters. The van der Waals surface area contributed by atoms with Crippen molar-refractivity contribution in [2.75, 3.05) is 33.7 Å². The molecule has 0 N–H and O–H groups in total. The second-order valence-corrected chi connectivity index (χ2v) is 8.72. The molecule has 1 aliphatic rings. The first-order valence-electron chi connectivity index (χ1n) is 10.1. The number of carbonyl (C=O) groups excluding carboxylic acids is 1. The number of benzene rings is 2. The van der Waals surface area contributed by atoms with Gasteiger partial charge >= 0.3 is 0 Å². The van der Waals surface area contributed by atoms with E-state index in [9.17, 15) is 4.79 Å². The monoisotopic (exact) mass is 388 g/mol. The standard InChI is InChI=1S/C24H28N4O/c1-17-20-7-5-6-8-21(20)22(26-25-17)18-9-11-19(12-10-18)23(29)28(4)16-24(2)13-14-27(3)15-24/h5-12H,13-16H2,1-4H3. The predicted molar refractivity (Wildman–Crippen MR) is 117 cm³/mol. The fraction of sp³-hybridized carbons (Fsp3) is 0.375. The van der Waals surface area contributed by atoms with Crippen molar-refractivity contribution in [2.45, 2.75) is 20.3 Å². The van der Waals surface area contributed by atoms with Crippen molar-refractivity contribution < 1.29 is 4.79 Å². The number of hydrogen-bond donors (Lipinski definition) is 0. The lowest BCUT2D eigenvalue weighted by Crippen LogP contribution is -2.38. The summed E-state index contributed by atoms with van der Waals surface area (Å²) >= 11 is 0. The van der Waals surface area contributed by atoms with Crippen LogP contribution in [0.5, 0.6) is 0 Å². The maximum absolute atomic E-state index is 12.9. The van der Waals surface area contributed by atoms with Gasteiger partial charge in [0, 0.05) is 42.0 Å². The molecule has 0 bridgehead atoms. The molecule has 1 atom stereocenters. The summed E-state index contributed by atoms with van der Waals surface area (Å²) in [5, 5.41) is 10.9. The predicted octanol–water partition coefficient (Wildman–Crippen LogP) is 4.02. The van der Waals surface area contributed by atoms with E-state index in [1.165, 1.54) is 0 Å². The Balaban J connectivity index is 1.55. The lowest BCUT2D eigenvalue weighted by molar-refractivity contribution is 0.0730. The third-order valence-electron chi connectivity index (χ3n) is 5.99. The minimum absolute atomic E-state index is 0.0622. The van der Waals surface area contributed by atoms with Crippen LogP contribution in [0.15, 0.2) is 48.5 Å². The highest BCUT2D eigenvalue weighted by Crippen LogP contribution is 2.30. The Morgan fingerprint density at radius 2 is 1.79 bits per heavy atom. The first-order chi connectivity index (χ1) is 13.9. The molecule has 29 heavy (non-hydrogen) atoms. The van der Waals surface area contributed by atoms with Crippen LogP contribution in [0.1, 0.15) is 29.4 Å². The SMILES string of the molecule is Cc1nnc(-c2ccc(C(=O)N(C)CC3(C)CCN(C)C3)cc2)c2ccccc12. The third kappa shape index (κ3) is 3.87. The van der Waals surface area contributed by atoms with Gasteiger partial charge in [-0.1, -0.05) is 43.3 Å². The van der Waals surface area contributed by atoms with E-state index in [1.54, 1.807) is 0 Å². The number of aryl methyl sites for hydroxylation is 1. The summed E-state index contributed by atoms with van der Waals surface area (Å²) in [4.78, 5) is 17.1. The Labute approximate surface area is 172 Å². The van der Waals surface area contributed by atoms with E-state index in [-0.39, 0.29) is 11.3 Å². The molecule has 1 fully saturated rings. The minimum Gasteiger partial charge on any atom is -0.341 e. The number of nitrogens with zero attached hydrogens (tertiary/aromatic N) is 4. The van der Waals surface area contributed by atoms with Crippen molar-refractivity contribution in [3.05, 3.63) is 59.8 Å². The van der Waals surface area contributed by atoms with Gasteiger partial charge in [-0.2, -0.15) is 5.10 Å². The molecule has 2 heterocycles. The first-order valence-corrected chi connectivity index (χ1v) is 10.1. The molecule has 3 aromatic rings. The molecule has 0 spiro atoms. The van der Waals surface area contributed by atoms with E-state index in [0.717, 1.165) is 53.8 Å². The lowest BCUT2D eigenvalue weighted by Gasteiger charge is -2.30. The molecule has 1 amide bonds. The van der Waals surface area contributed by atoms with E-state index in [2.05, 4.69) is 41.2 Å². The van der Waals surface area contributed by atoms with Gasteiger partial charge in [0.25, 0.3) is 5.91 Å². The second-order valence-electron chi connectivity index (χ2n) is 8.72. The molecule has 2 aromatic carbocycles. The van der Waals surface area contributed by atoms with Crippen LogP contribution in [0.2, 0.25) is 0 Å². The number of aromatic nitrogens is 2. The van der Waals surface area contributed by atoms with Gasteiger partial charge in [-0.25, -0.2) is 0 Å². The van der Waals surface area contributed by atoms with Crippen LogP contribution >= 0.6 is 0 Å². The van der Waals surface area contributed by atoms with Crippen LogP contribution in [-0.2, 0) is 0 Å². The zero-order chi connectivity index (χ0) is 20.6. The first kappa shape index (κ1) is 19.5. The van der Waals surface area contributed by atoms with E-state index in [0.29, 0.717) is 5.56 Å². The maximum Gasteiger partial charge on any atom is 0.253 e. The molecule has 1 aliphatic heterocycles. The number of likely N-dealkylation sites (tertiary alicyclic amines) is 1. The summed E-state index contributed by atoms with van der Waals surface area (Å²) < 4.78 is 0. The van der Waals surface area contributed by atoms with Crippen LogP contribution < -0.4 is 0 Å². The van der Waals surface area contributed by atoms with E-state index >= 15 is 0 Å². The van der Waals surface area contributed by atoms with Gasteiger partial charge in [-0.05, 0) is 44.5 Å². The number of fused-ring (bicyclic) bond motifs is 1. The van der Waals surface area contributed by atoms with Gasteiger partial charge in [0.1, 0.15) is 5.69 Å². The largest absolute Gasteiger partial charge is 0.341 e. The topological polar surface area (TPSA) is 49.3 Å². The summed E-state index contributed by atoms with van der Waals surface area (Å²) in [6.07, 6.45) is 1.12. The molecule has 1 aromatic heterocycles. The number of carbonyl (C=O) groups is 1. The highest BCUT2D eigenvalue weighted by atomic mass is 16.2.